The second kappa shape index (κ2) is 5.08. The zero-order chi connectivity index (χ0) is 16.1. The fourth-order valence-corrected chi connectivity index (χ4v) is 5.45. The summed E-state index contributed by atoms with van der Waals surface area (Å²) < 4.78 is 76.6. The average molecular weight is 334 g/mol. The minimum Gasteiger partial charge on any atom is -0.228 e. The third-order valence-electron chi connectivity index (χ3n) is 4.38. The van der Waals surface area contributed by atoms with Crippen LogP contribution >= 0.6 is 0 Å². The highest BCUT2D eigenvalue weighted by molar-refractivity contribution is 7.93. The highest BCUT2D eigenvalue weighted by Gasteiger charge is 2.41. The number of halogens is 4. The van der Waals surface area contributed by atoms with Gasteiger partial charge in [0.2, 0.25) is 0 Å². The van der Waals surface area contributed by atoms with E-state index in [1.165, 1.54) is 6.08 Å². The van der Waals surface area contributed by atoms with Gasteiger partial charge in [0.1, 0.15) is 5.82 Å². The Hall–Kier alpha value is -1.37. The molecule has 0 aromatic heterocycles. The number of allylic oxidation sites excluding steroid dienone is 1. The summed E-state index contributed by atoms with van der Waals surface area (Å²) in [6.07, 6.45) is -1.34. The summed E-state index contributed by atoms with van der Waals surface area (Å²) in [6, 6.07) is 2.26. The van der Waals surface area contributed by atoms with E-state index >= 15 is 0 Å². The van der Waals surface area contributed by atoms with Gasteiger partial charge in [0, 0.05) is 5.56 Å². The predicted octanol–water partition coefficient (Wildman–Crippen LogP) is 3.97. The molecule has 0 radical (unpaired) electrons. The van der Waals surface area contributed by atoms with E-state index in [2.05, 4.69) is 0 Å². The normalized spacial score (nSPS) is 27.4. The molecular weight excluding hydrogens is 320 g/mol. The van der Waals surface area contributed by atoms with Crippen molar-refractivity contribution in [3.63, 3.8) is 0 Å². The van der Waals surface area contributed by atoms with E-state index < -0.39 is 37.9 Å². The molecular formula is C15H14F4O2S. The van der Waals surface area contributed by atoms with Crippen LogP contribution in [0, 0.1) is 5.82 Å². The van der Waals surface area contributed by atoms with Crippen molar-refractivity contribution in [1.82, 2.24) is 0 Å². The molecule has 2 heterocycles. The van der Waals surface area contributed by atoms with Crippen LogP contribution in [0.15, 0.2) is 24.3 Å². The molecule has 22 heavy (non-hydrogen) atoms. The Bertz CT molecular complexity index is 734. The van der Waals surface area contributed by atoms with E-state index in [0.29, 0.717) is 24.5 Å². The van der Waals surface area contributed by atoms with Crippen molar-refractivity contribution in [3.05, 3.63) is 41.2 Å². The first-order valence-corrected chi connectivity index (χ1v) is 8.61. The standard InChI is InChI=1S/C15H14F4O2S/c16-14-5-4-10(15(17,18)19)8-13(14)9-6-11-2-1-3-12(7-9)22(11,20)21/h4-6,8,11-12H,1-3,7H2. The number of rotatable bonds is 1. The molecule has 0 amide bonds. The summed E-state index contributed by atoms with van der Waals surface area (Å²) in [7, 11) is -3.28. The number of alkyl halides is 3. The summed E-state index contributed by atoms with van der Waals surface area (Å²) in [5.74, 6) is -0.753. The summed E-state index contributed by atoms with van der Waals surface area (Å²) >= 11 is 0. The van der Waals surface area contributed by atoms with Gasteiger partial charge in [-0.25, -0.2) is 12.8 Å². The van der Waals surface area contributed by atoms with Gasteiger partial charge in [-0.3, -0.25) is 0 Å². The summed E-state index contributed by atoms with van der Waals surface area (Å²) in [5.41, 5.74) is -0.696. The smallest absolute Gasteiger partial charge is 0.228 e. The van der Waals surface area contributed by atoms with Gasteiger partial charge >= 0.3 is 6.18 Å². The maximum atomic E-state index is 14.0. The zero-order valence-electron chi connectivity index (χ0n) is 11.5. The molecule has 2 aliphatic heterocycles. The maximum Gasteiger partial charge on any atom is 0.416 e. The summed E-state index contributed by atoms with van der Waals surface area (Å²) in [6.45, 7) is 0. The lowest BCUT2D eigenvalue weighted by Gasteiger charge is -2.33. The van der Waals surface area contributed by atoms with Crippen molar-refractivity contribution in [2.75, 3.05) is 0 Å². The highest BCUT2D eigenvalue weighted by atomic mass is 32.2. The molecule has 0 N–H and O–H groups in total. The summed E-state index contributed by atoms with van der Waals surface area (Å²) in [4.78, 5) is 0. The number of fused-ring (bicyclic) bond motifs is 2. The Kier molecular flexibility index (Phi) is 3.58. The van der Waals surface area contributed by atoms with Crippen molar-refractivity contribution < 1.29 is 26.0 Å². The van der Waals surface area contributed by atoms with Crippen molar-refractivity contribution in [1.29, 1.82) is 0 Å². The lowest BCUT2D eigenvalue weighted by Crippen LogP contribution is -2.38. The van der Waals surface area contributed by atoms with Crippen LogP contribution in [0.2, 0.25) is 0 Å². The number of benzene rings is 1. The van der Waals surface area contributed by atoms with E-state index in [-0.39, 0.29) is 12.0 Å². The van der Waals surface area contributed by atoms with Crippen LogP contribution in [0.3, 0.4) is 0 Å². The van der Waals surface area contributed by atoms with Crippen LogP contribution in [-0.2, 0) is 16.0 Å². The molecule has 2 atom stereocenters. The van der Waals surface area contributed by atoms with Crippen LogP contribution in [0.1, 0.15) is 36.8 Å². The van der Waals surface area contributed by atoms with E-state index in [1.807, 2.05) is 0 Å². The third-order valence-corrected chi connectivity index (χ3v) is 6.92. The van der Waals surface area contributed by atoms with Crippen molar-refractivity contribution in [2.45, 2.75) is 42.4 Å². The Morgan fingerprint density at radius 1 is 1.14 bits per heavy atom. The first kappa shape index (κ1) is 15.5. The Morgan fingerprint density at radius 2 is 1.86 bits per heavy atom. The quantitative estimate of drug-likeness (QED) is 0.728. The highest BCUT2D eigenvalue weighted by Crippen LogP contribution is 2.41. The third kappa shape index (κ3) is 2.55. The molecule has 120 valence electrons. The van der Waals surface area contributed by atoms with Gasteiger partial charge in [-0.05, 0) is 43.0 Å². The molecule has 3 rings (SSSR count). The van der Waals surface area contributed by atoms with Gasteiger partial charge in [0.15, 0.2) is 9.84 Å². The first-order chi connectivity index (χ1) is 10.2. The molecule has 0 spiro atoms. The lowest BCUT2D eigenvalue weighted by atomic mass is 9.92. The molecule has 2 bridgehead atoms. The second-order valence-electron chi connectivity index (χ2n) is 5.77. The van der Waals surface area contributed by atoms with Gasteiger partial charge < -0.3 is 0 Å². The number of sulfone groups is 1. The van der Waals surface area contributed by atoms with Gasteiger partial charge in [-0.1, -0.05) is 12.5 Å². The molecule has 1 fully saturated rings. The molecule has 2 nitrogen and oxygen atoms in total. The maximum absolute atomic E-state index is 14.0. The zero-order valence-corrected chi connectivity index (χ0v) is 12.3. The molecule has 0 aliphatic carbocycles. The Balaban J connectivity index is 2.07. The summed E-state index contributed by atoms with van der Waals surface area (Å²) in [5, 5.41) is -1.32. The number of hydrogen-bond acceptors (Lipinski definition) is 2. The van der Waals surface area contributed by atoms with E-state index in [0.717, 1.165) is 18.6 Å². The monoisotopic (exact) mass is 334 g/mol. The average Bonchev–Trinajstić information content (AvgIpc) is 2.37. The molecule has 0 saturated carbocycles. The Labute approximate surface area is 125 Å². The predicted molar refractivity (Wildman–Crippen MR) is 74.3 cm³/mol. The van der Waals surface area contributed by atoms with E-state index in [9.17, 15) is 26.0 Å². The van der Waals surface area contributed by atoms with Crippen molar-refractivity contribution >= 4 is 15.4 Å². The van der Waals surface area contributed by atoms with Crippen LogP contribution in [0.4, 0.5) is 17.6 Å². The Morgan fingerprint density at radius 3 is 2.50 bits per heavy atom. The lowest BCUT2D eigenvalue weighted by molar-refractivity contribution is -0.137. The fraction of sp³-hybridized carbons (Fsp3) is 0.467. The molecule has 2 unspecified atom stereocenters. The minimum absolute atomic E-state index is 0.0804. The molecule has 1 aromatic carbocycles. The molecule has 7 heteroatoms. The van der Waals surface area contributed by atoms with E-state index in [1.54, 1.807) is 0 Å². The van der Waals surface area contributed by atoms with Crippen LogP contribution in [0.25, 0.3) is 5.57 Å². The van der Waals surface area contributed by atoms with Crippen LogP contribution in [-0.4, -0.2) is 18.9 Å². The van der Waals surface area contributed by atoms with Gasteiger partial charge in [-0.15, -0.1) is 0 Å². The van der Waals surface area contributed by atoms with Gasteiger partial charge in [-0.2, -0.15) is 13.2 Å². The minimum atomic E-state index is -4.56. The molecule has 2 aliphatic rings. The topological polar surface area (TPSA) is 34.1 Å². The van der Waals surface area contributed by atoms with Crippen molar-refractivity contribution in [3.8, 4) is 0 Å². The number of hydrogen-bond donors (Lipinski definition) is 0. The van der Waals surface area contributed by atoms with Crippen LogP contribution < -0.4 is 0 Å². The second-order valence-corrected chi connectivity index (χ2v) is 8.22. The van der Waals surface area contributed by atoms with Gasteiger partial charge in [0.25, 0.3) is 0 Å². The van der Waals surface area contributed by atoms with E-state index in [4.69, 9.17) is 0 Å². The van der Waals surface area contributed by atoms with Crippen LogP contribution in [0.5, 0.6) is 0 Å². The van der Waals surface area contributed by atoms with Gasteiger partial charge in [0.05, 0.1) is 16.1 Å². The molecule has 1 aromatic rings. The molecule has 1 saturated heterocycles. The largest absolute Gasteiger partial charge is 0.416 e. The first-order valence-electron chi connectivity index (χ1n) is 7.00. The fourth-order valence-electron chi connectivity index (χ4n) is 3.20. The SMILES string of the molecule is O=S1(=O)C2C=C(c3cc(C(F)(F)F)ccc3F)CC1CCC2. The van der Waals surface area contributed by atoms with Crippen molar-refractivity contribution in [2.24, 2.45) is 0 Å².